The first kappa shape index (κ1) is 27.4. The topological polar surface area (TPSA) is 103 Å². The summed E-state index contributed by atoms with van der Waals surface area (Å²) in [6, 6.07) is 6.54. The van der Waals surface area contributed by atoms with E-state index in [1.165, 1.54) is 4.90 Å². The molecule has 0 unspecified atom stereocenters. The molecule has 1 aromatic heterocycles. The van der Waals surface area contributed by atoms with Crippen molar-refractivity contribution in [2.75, 3.05) is 40.5 Å². The van der Waals surface area contributed by atoms with Crippen molar-refractivity contribution >= 4 is 17.8 Å². The van der Waals surface area contributed by atoms with Crippen molar-refractivity contribution in [3.63, 3.8) is 0 Å². The maximum atomic E-state index is 13.0. The highest BCUT2D eigenvalue weighted by Gasteiger charge is 2.28. The van der Waals surface area contributed by atoms with E-state index < -0.39 is 11.4 Å². The molecule has 0 saturated heterocycles. The number of nitrogens with zero attached hydrogens (tertiary/aromatic N) is 3. The molecule has 1 aliphatic rings. The van der Waals surface area contributed by atoms with Crippen LogP contribution in [0.5, 0.6) is 0 Å². The molecule has 2 heterocycles. The summed E-state index contributed by atoms with van der Waals surface area (Å²) in [5, 5.41) is 7.78. The van der Waals surface area contributed by atoms with Crippen molar-refractivity contribution in [1.82, 2.24) is 20.0 Å². The smallest absolute Gasteiger partial charge is 0.338 e. The predicted octanol–water partition coefficient (Wildman–Crippen LogP) is 3.11. The minimum absolute atomic E-state index is 0.0913. The molecular formula is C27H38N4O5. The predicted molar refractivity (Wildman–Crippen MR) is 136 cm³/mol. The van der Waals surface area contributed by atoms with Gasteiger partial charge in [0, 0.05) is 51.4 Å². The molecule has 196 valence electrons. The van der Waals surface area contributed by atoms with E-state index in [9.17, 15) is 14.4 Å². The van der Waals surface area contributed by atoms with Gasteiger partial charge in [-0.1, -0.05) is 26.8 Å². The SMILES string of the molecule is CCc1nn(CC(C)(C)COC(=O)c2cccc(C(=O)N(C)C)c2)c2c1C(=O)NCCCOCCC2. The molecule has 0 atom stereocenters. The molecule has 2 amide bonds. The molecule has 0 spiro atoms. The van der Waals surface area contributed by atoms with E-state index in [-0.39, 0.29) is 18.4 Å². The molecule has 9 nitrogen and oxygen atoms in total. The summed E-state index contributed by atoms with van der Waals surface area (Å²) in [7, 11) is 3.33. The third-order valence-electron chi connectivity index (χ3n) is 6.07. The molecule has 1 aliphatic heterocycles. The first-order valence-electron chi connectivity index (χ1n) is 12.6. The minimum atomic E-state index is -0.484. The Morgan fingerprint density at radius 2 is 1.92 bits per heavy atom. The van der Waals surface area contributed by atoms with E-state index in [2.05, 4.69) is 5.32 Å². The summed E-state index contributed by atoms with van der Waals surface area (Å²) in [5.74, 6) is -0.753. The fourth-order valence-electron chi connectivity index (χ4n) is 4.19. The number of nitrogens with one attached hydrogen (secondary N) is 1. The highest BCUT2D eigenvalue weighted by Crippen LogP contribution is 2.25. The van der Waals surface area contributed by atoms with Crippen LogP contribution >= 0.6 is 0 Å². The normalized spacial score (nSPS) is 14.9. The van der Waals surface area contributed by atoms with Crippen molar-refractivity contribution in [3.8, 4) is 0 Å². The van der Waals surface area contributed by atoms with Gasteiger partial charge in [0.05, 0.1) is 29.1 Å². The number of esters is 1. The van der Waals surface area contributed by atoms with Gasteiger partial charge < -0.3 is 19.7 Å². The Hall–Kier alpha value is -3.20. The second kappa shape index (κ2) is 12.2. The van der Waals surface area contributed by atoms with Gasteiger partial charge in [0.2, 0.25) is 0 Å². The van der Waals surface area contributed by atoms with Crippen LogP contribution in [0.15, 0.2) is 24.3 Å². The summed E-state index contributed by atoms with van der Waals surface area (Å²) in [4.78, 5) is 39.5. The molecule has 2 aromatic rings. The number of ether oxygens (including phenoxy) is 2. The third-order valence-corrected chi connectivity index (χ3v) is 6.07. The van der Waals surface area contributed by atoms with Crippen LogP contribution in [0.1, 0.15) is 76.1 Å². The summed E-state index contributed by atoms with van der Waals surface area (Å²) in [5.41, 5.74) is 2.64. The number of amides is 2. The molecule has 0 fully saturated rings. The van der Waals surface area contributed by atoms with Crippen LogP contribution in [0.2, 0.25) is 0 Å². The Morgan fingerprint density at radius 1 is 1.19 bits per heavy atom. The Bertz CT molecular complexity index is 1090. The van der Waals surface area contributed by atoms with E-state index in [0.29, 0.717) is 55.8 Å². The number of hydrogen-bond donors (Lipinski definition) is 1. The summed E-state index contributed by atoms with van der Waals surface area (Å²) in [6.45, 7) is 8.47. The van der Waals surface area contributed by atoms with E-state index in [1.807, 2.05) is 25.5 Å². The van der Waals surface area contributed by atoms with Crippen molar-refractivity contribution in [3.05, 3.63) is 52.3 Å². The quantitative estimate of drug-likeness (QED) is 0.589. The third kappa shape index (κ3) is 6.94. The largest absolute Gasteiger partial charge is 0.461 e. The zero-order valence-electron chi connectivity index (χ0n) is 22.1. The lowest BCUT2D eigenvalue weighted by Gasteiger charge is -2.25. The molecule has 1 aromatic carbocycles. The minimum Gasteiger partial charge on any atom is -0.461 e. The van der Waals surface area contributed by atoms with E-state index >= 15 is 0 Å². The standard InChI is InChI=1S/C27H38N4O5/c1-6-21-23-22(12-8-14-35-15-9-13-28-24(23)32)31(29-21)17-27(2,3)18-36-26(34)20-11-7-10-19(16-20)25(33)30(4)5/h7,10-11,16H,6,8-9,12-15,17-18H2,1-5H3,(H,28,32). The van der Waals surface area contributed by atoms with Gasteiger partial charge in [-0.15, -0.1) is 0 Å². The van der Waals surface area contributed by atoms with Crippen molar-refractivity contribution in [2.45, 2.75) is 53.0 Å². The lowest BCUT2D eigenvalue weighted by Crippen LogP contribution is -2.29. The van der Waals surface area contributed by atoms with Gasteiger partial charge in [-0.25, -0.2) is 4.79 Å². The number of rotatable bonds is 7. The maximum absolute atomic E-state index is 13.0. The van der Waals surface area contributed by atoms with Gasteiger partial charge in [0.1, 0.15) is 0 Å². The number of fused-ring (bicyclic) bond motifs is 1. The van der Waals surface area contributed by atoms with Crippen molar-refractivity contribution < 1.29 is 23.9 Å². The number of carbonyl (C=O) groups is 3. The summed E-state index contributed by atoms with van der Waals surface area (Å²) < 4.78 is 13.2. The van der Waals surface area contributed by atoms with Gasteiger partial charge in [-0.2, -0.15) is 5.10 Å². The maximum Gasteiger partial charge on any atom is 0.338 e. The average Bonchev–Trinajstić information content (AvgIpc) is 3.17. The van der Waals surface area contributed by atoms with Gasteiger partial charge in [0.15, 0.2) is 0 Å². The van der Waals surface area contributed by atoms with Crippen LogP contribution in [-0.2, 0) is 28.9 Å². The van der Waals surface area contributed by atoms with E-state index in [4.69, 9.17) is 14.6 Å². The molecule has 36 heavy (non-hydrogen) atoms. The Kier molecular flexibility index (Phi) is 9.25. The highest BCUT2D eigenvalue weighted by molar-refractivity contribution is 5.98. The van der Waals surface area contributed by atoms with Crippen LogP contribution in [0.4, 0.5) is 0 Å². The van der Waals surface area contributed by atoms with Gasteiger partial charge in [-0.3, -0.25) is 14.3 Å². The number of hydrogen-bond acceptors (Lipinski definition) is 6. The molecular weight excluding hydrogens is 460 g/mol. The Morgan fingerprint density at radius 3 is 2.64 bits per heavy atom. The molecule has 0 bridgehead atoms. The first-order chi connectivity index (χ1) is 17.1. The lowest BCUT2D eigenvalue weighted by molar-refractivity contribution is 0.0304. The molecule has 0 radical (unpaired) electrons. The van der Waals surface area contributed by atoms with Crippen LogP contribution in [-0.4, -0.2) is 72.9 Å². The van der Waals surface area contributed by atoms with Crippen LogP contribution in [0.25, 0.3) is 0 Å². The lowest BCUT2D eigenvalue weighted by atomic mass is 9.94. The van der Waals surface area contributed by atoms with Gasteiger partial charge in [0.25, 0.3) is 11.8 Å². The second-order valence-electron chi connectivity index (χ2n) is 10.1. The number of aromatic nitrogens is 2. The summed E-state index contributed by atoms with van der Waals surface area (Å²) >= 11 is 0. The zero-order valence-corrected chi connectivity index (χ0v) is 22.1. The van der Waals surface area contributed by atoms with Crippen molar-refractivity contribution in [2.24, 2.45) is 5.41 Å². The van der Waals surface area contributed by atoms with E-state index in [1.54, 1.807) is 38.4 Å². The zero-order chi connectivity index (χ0) is 26.3. The van der Waals surface area contributed by atoms with Crippen LogP contribution in [0, 0.1) is 5.41 Å². The van der Waals surface area contributed by atoms with Gasteiger partial charge in [-0.05, 0) is 43.9 Å². The number of carbonyl (C=O) groups excluding carboxylic acids is 3. The van der Waals surface area contributed by atoms with E-state index in [0.717, 1.165) is 24.2 Å². The van der Waals surface area contributed by atoms with Crippen LogP contribution < -0.4 is 5.32 Å². The highest BCUT2D eigenvalue weighted by atomic mass is 16.5. The fraction of sp³-hybridized carbons (Fsp3) is 0.556. The number of aryl methyl sites for hydroxylation is 1. The molecule has 3 rings (SSSR count). The fourth-order valence-corrected chi connectivity index (χ4v) is 4.19. The Balaban J connectivity index is 1.75. The Labute approximate surface area is 213 Å². The van der Waals surface area contributed by atoms with Crippen LogP contribution in [0.3, 0.4) is 0 Å². The first-order valence-corrected chi connectivity index (χ1v) is 12.6. The monoisotopic (exact) mass is 498 g/mol. The summed E-state index contributed by atoms with van der Waals surface area (Å²) in [6.07, 6.45) is 2.91. The molecule has 9 heteroatoms. The average molecular weight is 499 g/mol. The van der Waals surface area contributed by atoms with Crippen molar-refractivity contribution in [1.29, 1.82) is 0 Å². The van der Waals surface area contributed by atoms with Gasteiger partial charge >= 0.3 is 5.97 Å². The second-order valence-corrected chi connectivity index (χ2v) is 10.1. The molecule has 0 saturated carbocycles. The molecule has 0 aliphatic carbocycles. The number of benzene rings is 1. The molecule has 1 N–H and O–H groups in total.